The highest BCUT2D eigenvalue weighted by Crippen LogP contribution is 2.34. The van der Waals surface area contributed by atoms with Gasteiger partial charge < -0.3 is 14.8 Å². The van der Waals surface area contributed by atoms with Crippen LogP contribution in [0.3, 0.4) is 0 Å². The summed E-state index contributed by atoms with van der Waals surface area (Å²) in [6.07, 6.45) is 0.154. The molecule has 4 nitrogen and oxygen atoms in total. The third-order valence-corrected chi connectivity index (χ3v) is 4.24. The maximum atomic E-state index is 13.6. The zero-order valence-corrected chi connectivity index (χ0v) is 15.9. The summed E-state index contributed by atoms with van der Waals surface area (Å²) in [5.74, 6) is 0.704. The van der Waals surface area contributed by atoms with E-state index >= 15 is 0 Å². The topological polar surface area (TPSA) is 47.6 Å². The average Bonchev–Trinajstić information content (AvgIpc) is 2.58. The normalized spacial score (nSPS) is 10.4. The summed E-state index contributed by atoms with van der Waals surface area (Å²) in [5, 5.41) is 2.73. The SMILES string of the molecule is CCOc1cc(Br)c(CC(=O)NCc2ccccc2F)cc1OCC. The molecular formula is C19H21BrFNO3. The lowest BCUT2D eigenvalue weighted by Crippen LogP contribution is -2.25. The number of halogens is 2. The van der Waals surface area contributed by atoms with E-state index in [0.717, 1.165) is 10.0 Å². The van der Waals surface area contributed by atoms with Gasteiger partial charge in [-0.25, -0.2) is 4.39 Å². The van der Waals surface area contributed by atoms with Gasteiger partial charge in [-0.1, -0.05) is 34.1 Å². The van der Waals surface area contributed by atoms with E-state index in [1.165, 1.54) is 6.07 Å². The van der Waals surface area contributed by atoms with Crippen molar-refractivity contribution in [2.75, 3.05) is 13.2 Å². The minimum absolute atomic E-state index is 0.151. The highest BCUT2D eigenvalue weighted by molar-refractivity contribution is 9.10. The van der Waals surface area contributed by atoms with Crippen molar-refractivity contribution in [1.82, 2.24) is 5.32 Å². The third-order valence-electron chi connectivity index (χ3n) is 3.50. The van der Waals surface area contributed by atoms with Crippen LogP contribution in [0.15, 0.2) is 40.9 Å². The van der Waals surface area contributed by atoms with Gasteiger partial charge in [-0.05, 0) is 37.6 Å². The van der Waals surface area contributed by atoms with Crippen molar-refractivity contribution >= 4 is 21.8 Å². The third kappa shape index (κ3) is 5.46. The second-order valence-corrected chi connectivity index (χ2v) is 6.16. The molecule has 0 unspecified atom stereocenters. The fraction of sp³-hybridized carbons (Fsp3) is 0.316. The van der Waals surface area contributed by atoms with Crippen LogP contribution in [0, 0.1) is 5.82 Å². The lowest BCUT2D eigenvalue weighted by molar-refractivity contribution is -0.120. The van der Waals surface area contributed by atoms with E-state index < -0.39 is 0 Å². The van der Waals surface area contributed by atoms with Gasteiger partial charge in [0.2, 0.25) is 5.91 Å². The molecule has 0 fully saturated rings. The Morgan fingerprint density at radius 2 is 1.72 bits per heavy atom. The number of carbonyl (C=O) groups excluding carboxylic acids is 1. The van der Waals surface area contributed by atoms with E-state index in [-0.39, 0.29) is 24.7 Å². The molecule has 2 rings (SSSR count). The molecule has 1 N–H and O–H groups in total. The Labute approximate surface area is 155 Å². The molecule has 0 aliphatic heterocycles. The van der Waals surface area contributed by atoms with Crippen LogP contribution in [0.1, 0.15) is 25.0 Å². The first-order valence-electron chi connectivity index (χ1n) is 8.13. The van der Waals surface area contributed by atoms with E-state index in [0.29, 0.717) is 30.3 Å². The molecule has 2 aromatic rings. The molecule has 0 atom stereocenters. The van der Waals surface area contributed by atoms with Crippen LogP contribution in [0.4, 0.5) is 4.39 Å². The number of hydrogen-bond donors (Lipinski definition) is 1. The minimum Gasteiger partial charge on any atom is -0.490 e. The van der Waals surface area contributed by atoms with Gasteiger partial charge in [0, 0.05) is 16.6 Å². The summed E-state index contributed by atoms with van der Waals surface area (Å²) in [6, 6.07) is 9.97. The highest BCUT2D eigenvalue weighted by atomic mass is 79.9. The Morgan fingerprint density at radius 1 is 1.08 bits per heavy atom. The Hall–Kier alpha value is -2.08. The summed E-state index contributed by atoms with van der Waals surface area (Å²) >= 11 is 3.46. The summed E-state index contributed by atoms with van der Waals surface area (Å²) < 4.78 is 25.5. The summed E-state index contributed by atoms with van der Waals surface area (Å²) in [7, 11) is 0. The lowest BCUT2D eigenvalue weighted by atomic mass is 10.1. The summed E-state index contributed by atoms with van der Waals surface area (Å²) in [4.78, 5) is 12.2. The van der Waals surface area contributed by atoms with Gasteiger partial charge in [0.25, 0.3) is 0 Å². The first kappa shape index (κ1) is 19.2. The quantitative estimate of drug-likeness (QED) is 0.708. The zero-order valence-electron chi connectivity index (χ0n) is 14.3. The lowest BCUT2D eigenvalue weighted by Gasteiger charge is -2.14. The van der Waals surface area contributed by atoms with Gasteiger partial charge in [-0.15, -0.1) is 0 Å². The Bertz CT molecular complexity index is 737. The van der Waals surface area contributed by atoms with Crippen LogP contribution < -0.4 is 14.8 Å². The number of ether oxygens (including phenoxy) is 2. The van der Waals surface area contributed by atoms with Crippen molar-refractivity contribution in [3.8, 4) is 11.5 Å². The van der Waals surface area contributed by atoms with Crippen LogP contribution in [0.25, 0.3) is 0 Å². The monoisotopic (exact) mass is 409 g/mol. The van der Waals surface area contributed by atoms with Crippen molar-refractivity contribution in [1.29, 1.82) is 0 Å². The molecular weight excluding hydrogens is 389 g/mol. The Kier molecular flexibility index (Phi) is 7.25. The minimum atomic E-state index is -0.330. The first-order chi connectivity index (χ1) is 12.0. The number of rotatable bonds is 8. The molecule has 0 aliphatic carbocycles. The molecule has 134 valence electrons. The van der Waals surface area contributed by atoms with E-state index in [4.69, 9.17) is 9.47 Å². The van der Waals surface area contributed by atoms with Crippen molar-refractivity contribution in [2.45, 2.75) is 26.8 Å². The molecule has 25 heavy (non-hydrogen) atoms. The van der Waals surface area contributed by atoms with Crippen LogP contribution >= 0.6 is 15.9 Å². The zero-order chi connectivity index (χ0) is 18.2. The predicted molar refractivity (Wildman–Crippen MR) is 98.4 cm³/mol. The average molecular weight is 410 g/mol. The molecule has 1 amide bonds. The van der Waals surface area contributed by atoms with Gasteiger partial charge in [0.05, 0.1) is 19.6 Å². The van der Waals surface area contributed by atoms with Crippen LogP contribution in [0.5, 0.6) is 11.5 Å². The Morgan fingerprint density at radius 3 is 2.36 bits per heavy atom. The van der Waals surface area contributed by atoms with Crippen molar-refractivity contribution in [3.63, 3.8) is 0 Å². The van der Waals surface area contributed by atoms with Gasteiger partial charge in [0.15, 0.2) is 11.5 Å². The smallest absolute Gasteiger partial charge is 0.224 e. The molecule has 0 saturated heterocycles. The number of benzene rings is 2. The van der Waals surface area contributed by atoms with Crippen LogP contribution in [0.2, 0.25) is 0 Å². The second kappa shape index (κ2) is 9.42. The van der Waals surface area contributed by atoms with Crippen molar-refractivity contribution in [2.24, 2.45) is 0 Å². The maximum absolute atomic E-state index is 13.6. The number of carbonyl (C=O) groups is 1. The molecule has 6 heteroatoms. The molecule has 0 saturated carbocycles. The number of nitrogens with one attached hydrogen (secondary N) is 1. The standard InChI is InChI=1S/C19H21BrFNO3/c1-3-24-17-9-14(15(20)11-18(17)25-4-2)10-19(23)22-12-13-7-5-6-8-16(13)21/h5-9,11H,3-4,10,12H2,1-2H3,(H,22,23). The van der Waals surface area contributed by atoms with E-state index in [1.54, 1.807) is 30.3 Å². The molecule has 0 spiro atoms. The first-order valence-corrected chi connectivity index (χ1v) is 8.92. The fourth-order valence-corrected chi connectivity index (χ4v) is 2.78. The summed E-state index contributed by atoms with van der Waals surface area (Å²) in [6.45, 7) is 4.96. The van der Waals surface area contributed by atoms with Crippen LogP contribution in [-0.2, 0) is 17.8 Å². The molecule has 0 bridgehead atoms. The fourth-order valence-electron chi connectivity index (χ4n) is 2.32. The van der Waals surface area contributed by atoms with Crippen molar-refractivity contribution < 1.29 is 18.7 Å². The van der Waals surface area contributed by atoms with E-state index in [1.807, 2.05) is 13.8 Å². The van der Waals surface area contributed by atoms with Gasteiger partial charge in [-0.2, -0.15) is 0 Å². The summed E-state index contributed by atoms with van der Waals surface area (Å²) in [5.41, 5.74) is 1.23. The number of hydrogen-bond acceptors (Lipinski definition) is 3. The molecule has 0 radical (unpaired) electrons. The predicted octanol–water partition coefficient (Wildman–Crippen LogP) is 4.24. The molecule has 0 heterocycles. The van der Waals surface area contributed by atoms with Gasteiger partial charge in [-0.3, -0.25) is 4.79 Å². The van der Waals surface area contributed by atoms with Crippen molar-refractivity contribution in [3.05, 3.63) is 57.8 Å². The molecule has 2 aromatic carbocycles. The maximum Gasteiger partial charge on any atom is 0.224 e. The van der Waals surface area contributed by atoms with Gasteiger partial charge >= 0.3 is 0 Å². The second-order valence-electron chi connectivity index (χ2n) is 5.30. The highest BCUT2D eigenvalue weighted by Gasteiger charge is 2.14. The van der Waals surface area contributed by atoms with Gasteiger partial charge in [0.1, 0.15) is 5.82 Å². The molecule has 0 aromatic heterocycles. The van der Waals surface area contributed by atoms with E-state index in [2.05, 4.69) is 21.2 Å². The molecule has 0 aliphatic rings. The van der Waals surface area contributed by atoms with Crippen LogP contribution in [-0.4, -0.2) is 19.1 Å². The largest absolute Gasteiger partial charge is 0.490 e. The number of amides is 1. The Balaban J connectivity index is 2.06. The van der Waals surface area contributed by atoms with E-state index in [9.17, 15) is 9.18 Å².